The molecule has 2 rings (SSSR count). The monoisotopic (exact) mass is 405 g/mol. The van der Waals surface area contributed by atoms with E-state index >= 15 is 0 Å². The molecule has 1 atom stereocenters. The van der Waals surface area contributed by atoms with Crippen molar-refractivity contribution in [2.24, 2.45) is 0 Å². The van der Waals surface area contributed by atoms with Gasteiger partial charge >= 0.3 is 5.97 Å². The summed E-state index contributed by atoms with van der Waals surface area (Å²) in [5.74, 6) is -0.632. The molecule has 1 unspecified atom stereocenters. The summed E-state index contributed by atoms with van der Waals surface area (Å²) in [6.45, 7) is 5.72. The van der Waals surface area contributed by atoms with Gasteiger partial charge in [-0.15, -0.1) is 0 Å². The fraction of sp³-hybridized carbons (Fsp3) is 0.238. The van der Waals surface area contributed by atoms with Gasteiger partial charge in [0.2, 0.25) is 0 Å². The number of amides is 1. The molecule has 1 amide bonds. The molecular weight excluding hydrogens is 385 g/mol. The second-order valence-electron chi connectivity index (χ2n) is 6.38. The molecular formula is C21H21Cl2NO3. The van der Waals surface area contributed by atoms with Crippen LogP contribution in [0.1, 0.15) is 37.8 Å². The predicted molar refractivity (Wildman–Crippen MR) is 110 cm³/mol. The summed E-state index contributed by atoms with van der Waals surface area (Å²) in [6, 6.07) is 12.6. The highest BCUT2D eigenvalue weighted by Gasteiger charge is 2.17. The van der Waals surface area contributed by atoms with Gasteiger partial charge in [-0.05, 0) is 48.2 Å². The van der Waals surface area contributed by atoms with E-state index in [1.54, 1.807) is 24.3 Å². The predicted octanol–water partition coefficient (Wildman–Crippen LogP) is 5.70. The molecule has 0 aliphatic carbocycles. The smallest absolute Gasteiger partial charge is 0.331 e. The van der Waals surface area contributed by atoms with Crippen molar-refractivity contribution < 1.29 is 14.3 Å². The Morgan fingerprint density at radius 3 is 2.15 bits per heavy atom. The van der Waals surface area contributed by atoms with Crippen LogP contribution in [0.15, 0.2) is 48.5 Å². The number of halogens is 2. The molecule has 0 fully saturated rings. The Kier molecular flexibility index (Phi) is 7.45. The Morgan fingerprint density at radius 2 is 1.59 bits per heavy atom. The normalized spacial score (nSPS) is 12.2. The van der Waals surface area contributed by atoms with Gasteiger partial charge in [0.05, 0.1) is 0 Å². The lowest BCUT2D eigenvalue weighted by molar-refractivity contribution is -0.148. The Bertz CT molecular complexity index is 825. The summed E-state index contributed by atoms with van der Waals surface area (Å²) in [5.41, 5.74) is 2.53. The molecule has 0 aliphatic rings. The van der Waals surface area contributed by atoms with E-state index in [2.05, 4.69) is 19.2 Å². The first-order valence-electron chi connectivity index (χ1n) is 8.50. The third kappa shape index (κ3) is 6.74. The Morgan fingerprint density at radius 1 is 1.00 bits per heavy atom. The van der Waals surface area contributed by atoms with Crippen molar-refractivity contribution in [3.63, 3.8) is 0 Å². The van der Waals surface area contributed by atoms with Gasteiger partial charge in [0.15, 0.2) is 6.10 Å². The van der Waals surface area contributed by atoms with Crippen LogP contribution >= 0.6 is 23.2 Å². The van der Waals surface area contributed by atoms with Gasteiger partial charge in [0, 0.05) is 21.8 Å². The van der Waals surface area contributed by atoms with E-state index < -0.39 is 18.0 Å². The average Bonchev–Trinajstić information content (AvgIpc) is 2.59. The van der Waals surface area contributed by atoms with E-state index in [4.69, 9.17) is 27.9 Å². The van der Waals surface area contributed by atoms with Gasteiger partial charge < -0.3 is 10.1 Å². The maximum absolute atomic E-state index is 12.1. The third-order valence-electron chi connectivity index (χ3n) is 3.81. The van der Waals surface area contributed by atoms with Gasteiger partial charge in [-0.3, -0.25) is 4.79 Å². The number of carbonyl (C=O) groups excluding carboxylic acids is 2. The third-order valence-corrected chi connectivity index (χ3v) is 4.24. The second-order valence-corrected chi connectivity index (χ2v) is 7.25. The summed E-state index contributed by atoms with van der Waals surface area (Å²) >= 11 is 11.8. The Balaban J connectivity index is 1.91. The van der Waals surface area contributed by atoms with Crippen LogP contribution in [0.2, 0.25) is 10.0 Å². The summed E-state index contributed by atoms with van der Waals surface area (Å²) in [7, 11) is 0. The highest BCUT2D eigenvalue weighted by molar-refractivity contribution is 6.35. The van der Waals surface area contributed by atoms with Crippen molar-refractivity contribution in [3.8, 4) is 0 Å². The van der Waals surface area contributed by atoms with E-state index in [-0.39, 0.29) is 0 Å². The zero-order chi connectivity index (χ0) is 20.0. The molecule has 6 heteroatoms. The summed E-state index contributed by atoms with van der Waals surface area (Å²) in [4.78, 5) is 24.1. The lowest BCUT2D eigenvalue weighted by Crippen LogP contribution is -2.29. The number of hydrogen-bond donors (Lipinski definition) is 1. The molecule has 0 saturated heterocycles. The number of ether oxygens (including phenoxy) is 1. The van der Waals surface area contributed by atoms with Gasteiger partial charge in [0.25, 0.3) is 5.91 Å². The molecule has 2 aromatic rings. The zero-order valence-corrected chi connectivity index (χ0v) is 16.8. The molecule has 0 saturated carbocycles. The van der Waals surface area contributed by atoms with Crippen molar-refractivity contribution in [2.75, 3.05) is 5.32 Å². The van der Waals surface area contributed by atoms with Crippen LogP contribution < -0.4 is 5.32 Å². The van der Waals surface area contributed by atoms with E-state index in [1.165, 1.54) is 18.6 Å². The molecule has 27 heavy (non-hydrogen) atoms. The fourth-order valence-electron chi connectivity index (χ4n) is 2.29. The first-order chi connectivity index (χ1) is 12.7. The quantitative estimate of drug-likeness (QED) is 0.495. The topological polar surface area (TPSA) is 55.4 Å². The first kappa shape index (κ1) is 21.0. The Hall–Kier alpha value is -2.30. The van der Waals surface area contributed by atoms with Gasteiger partial charge in [-0.2, -0.15) is 0 Å². The first-order valence-corrected chi connectivity index (χ1v) is 9.26. The molecule has 0 aromatic heterocycles. The summed E-state index contributed by atoms with van der Waals surface area (Å²) in [6.07, 6.45) is 1.97. The standard InChI is InChI=1S/C21H21Cl2NO3/c1-13(2)16-7-4-15(5-8-16)6-9-20(25)27-14(3)21(26)24-19-11-17(22)10-18(23)12-19/h4-14H,1-3H3,(H,24,26)/b9-6+. The SMILES string of the molecule is CC(OC(=O)/C=C/c1ccc(C(C)C)cc1)C(=O)Nc1cc(Cl)cc(Cl)c1. The number of rotatable bonds is 6. The highest BCUT2D eigenvalue weighted by Crippen LogP contribution is 2.22. The second kappa shape index (κ2) is 9.58. The van der Waals surface area contributed by atoms with Gasteiger partial charge in [-0.25, -0.2) is 4.79 Å². The number of esters is 1. The lowest BCUT2D eigenvalue weighted by Gasteiger charge is -2.12. The molecule has 2 aromatic carbocycles. The zero-order valence-electron chi connectivity index (χ0n) is 15.3. The van der Waals surface area contributed by atoms with Crippen LogP contribution in [-0.4, -0.2) is 18.0 Å². The summed E-state index contributed by atoms with van der Waals surface area (Å²) < 4.78 is 5.12. The van der Waals surface area contributed by atoms with Crippen molar-refractivity contribution in [3.05, 3.63) is 69.7 Å². The Labute approximate surface area is 169 Å². The number of anilines is 1. The number of benzene rings is 2. The minimum absolute atomic E-state index is 0.397. The van der Waals surface area contributed by atoms with E-state index in [1.807, 2.05) is 24.3 Å². The highest BCUT2D eigenvalue weighted by atomic mass is 35.5. The largest absolute Gasteiger partial charge is 0.449 e. The number of nitrogens with one attached hydrogen (secondary N) is 1. The van der Waals surface area contributed by atoms with Crippen molar-refractivity contribution in [2.45, 2.75) is 32.8 Å². The van der Waals surface area contributed by atoms with Gasteiger partial charge in [-0.1, -0.05) is 61.3 Å². The van der Waals surface area contributed by atoms with E-state index in [9.17, 15) is 9.59 Å². The van der Waals surface area contributed by atoms with E-state index in [0.717, 1.165) is 5.56 Å². The maximum Gasteiger partial charge on any atom is 0.331 e. The fourth-order valence-corrected chi connectivity index (χ4v) is 2.82. The van der Waals surface area contributed by atoms with E-state index in [0.29, 0.717) is 21.7 Å². The summed E-state index contributed by atoms with van der Waals surface area (Å²) in [5, 5.41) is 3.40. The van der Waals surface area contributed by atoms with Crippen LogP contribution in [0.3, 0.4) is 0 Å². The number of hydrogen-bond acceptors (Lipinski definition) is 3. The minimum atomic E-state index is -0.969. The van der Waals surface area contributed by atoms with Crippen LogP contribution in [0.25, 0.3) is 6.08 Å². The maximum atomic E-state index is 12.1. The number of carbonyl (C=O) groups is 2. The van der Waals surface area contributed by atoms with Crippen LogP contribution in [0.4, 0.5) is 5.69 Å². The van der Waals surface area contributed by atoms with Crippen LogP contribution in [0.5, 0.6) is 0 Å². The van der Waals surface area contributed by atoms with Crippen LogP contribution in [-0.2, 0) is 14.3 Å². The molecule has 0 bridgehead atoms. The molecule has 0 spiro atoms. The molecule has 142 valence electrons. The average molecular weight is 406 g/mol. The van der Waals surface area contributed by atoms with Gasteiger partial charge in [0.1, 0.15) is 0 Å². The molecule has 0 radical (unpaired) electrons. The molecule has 0 heterocycles. The minimum Gasteiger partial charge on any atom is -0.449 e. The lowest BCUT2D eigenvalue weighted by atomic mass is 10.0. The molecule has 0 aliphatic heterocycles. The van der Waals surface area contributed by atoms with Crippen LogP contribution in [0, 0.1) is 0 Å². The van der Waals surface area contributed by atoms with Crippen molar-refractivity contribution in [1.29, 1.82) is 0 Å². The molecule has 4 nitrogen and oxygen atoms in total. The van der Waals surface area contributed by atoms with Crippen molar-refractivity contribution in [1.82, 2.24) is 0 Å². The van der Waals surface area contributed by atoms with Crippen molar-refractivity contribution >= 4 is 46.8 Å². The molecule has 1 N–H and O–H groups in total.